The number of anilines is 2. The predicted octanol–water partition coefficient (Wildman–Crippen LogP) is 4.61. The van der Waals surface area contributed by atoms with Gasteiger partial charge in [0.1, 0.15) is 5.75 Å². The number of esters is 1. The summed E-state index contributed by atoms with van der Waals surface area (Å²) in [4.78, 5) is 36.0. The van der Waals surface area contributed by atoms with E-state index < -0.39 is 5.97 Å². The zero-order valence-electron chi connectivity index (χ0n) is 19.4. The third kappa shape index (κ3) is 5.70. The molecule has 0 bridgehead atoms. The summed E-state index contributed by atoms with van der Waals surface area (Å²) in [5.74, 6) is 0.954. The maximum atomic E-state index is 13.0. The molecule has 1 aliphatic rings. The fraction of sp³-hybridized carbons (Fsp3) is 0.308. The van der Waals surface area contributed by atoms with Gasteiger partial charge in [-0.2, -0.15) is 0 Å². The number of rotatable bonds is 7. The second kappa shape index (κ2) is 10.8. The Kier molecular flexibility index (Phi) is 7.37. The Balaban J connectivity index is 1.45. The fourth-order valence-corrected chi connectivity index (χ4v) is 3.89. The number of aromatic nitrogens is 2. The molecule has 1 aliphatic heterocycles. The number of piperidine rings is 1. The van der Waals surface area contributed by atoms with E-state index in [0.29, 0.717) is 41.8 Å². The van der Waals surface area contributed by atoms with Crippen LogP contribution in [-0.4, -0.2) is 41.5 Å². The summed E-state index contributed by atoms with van der Waals surface area (Å²) in [6.45, 7) is 5.32. The number of ether oxygens (including phenoxy) is 2. The molecule has 1 N–H and O–H groups in total. The zero-order valence-corrected chi connectivity index (χ0v) is 19.4. The zero-order chi connectivity index (χ0) is 23.9. The topological polar surface area (TPSA) is 93.7 Å². The van der Waals surface area contributed by atoms with Crippen LogP contribution in [0.25, 0.3) is 0 Å². The minimum absolute atomic E-state index is 0.101. The Bertz CT molecular complexity index is 1150. The third-order valence-electron chi connectivity index (χ3n) is 5.62. The van der Waals surface area contributed by atoms with Crippen LogP contribution in [0.2, 0.25) is 0 Å². The largest absolute Gasteiger partial charge is 0.462 e. The predicted molar refractivity (Wildman–Crippen MR) is 129 cm³/mol. The molecule has 1 aromatic heterocycles. The highest BCUT2D eigenvalue weighted by Crippen LogP contribution is 2.31. The Morgan fingerprint density at radius 3 is 2.71 bits per heavy atom. The van der Waals surface area contributed by atoms with Crippen molar-refractivity contribution in [2.75, 3.05) is 29.9 Å². The molecule has 176 valence electrons. The first-order valence-corrected chi connectivity index (χ1v) is 11.4. The number of nitrogens with zero attached hydrogens (tertiary/aromatic N) is 3. The molecule has 1 fully saturated rings. The van der Waals surface area contributed by atoms with Crippen LogP contribution in [0, 0.1) is 12.8 Å². The van der Waals surface area contributed by atoms with Crippen LogP contribution in [-0.2, 0) is 9.53 Å². The number of hydrogen-bond acceptors (Lipinski definition) is 7. The van der Waals surface area contributed by atoms with Gasteiger partial charge >= 0.3 is 5.97 Å². The van der Waals surface area contributed by atoms with Crippen LogP contribution in [0.5, 0.6) is 11.6 Å². The molecule has 0 spiro atoms. The van der Waals surface area contributed by atoms with Crippen LogP contribution in [0.15, 0.2) is 60.9 Å². The van der Waals surface area contributed by atoms with Gasteiger partial charge in [-0.05, 0) is 57.0 Å². The highest BCUT2D eigenvalue weighted by Gasteiger charge is 2.29. The number of carbonyl (C=O) groups excluding carboxylic acids is 2. The number of hydrogen-bond donors (Lipinski definition) is 1. The van der Waals surface area contributed by atoms with Crippen LogP contribution in [0.1, 0.15) is 35.7 Å². The monoisotopic (exact) mass is 460 g/mol. The van der Waals surface area contributed by atoms with Crippen molar-refractivity contribution in [2.24, 2.45) is 5.92 Å². The maximum Gasteiger partial charge on any atom is 0.338 e. The van der Waals surface area contributed by atoms with Gasteiger partial charge in [0.05, 0.1) is 18.1 Å². The molecular formula is C26H28N4O4. The van der Waals surface area contributed by atoms with Crippen molar-refractivity contribution < 1.29 is 19.1 Å². The van der Waals surface area contributed by atoms with Gasteiger partial charge in [0.25, 0.3) is 5.88 Å². The Labute approximate surface area is 198 Å². The molecule has 2 aromatic carbocycles. The second-order valence-corrected chi connectivity index (χ2v) is 8.18. The second-order valence-electron chi connectivity index (χ2n) is 8.18. The van der Waals surface area contributed by atoms with Crippen molar-refractivity contribution in [3.05, 3.63) is 72.1 Å². The van der Waals surface area contributed by atoms with Gasteiger partial charge in [-0.25, -0.2) is 14.8 Å². The molecule has 0 saturated carbocycles. The maximum absolute atomic E-state index is 13.0. The average molecular weight is 461 g/mol. The Morgan fingerprint density at radius 1 is 1.12 bits per heavy atom. The van der Waals surface area contributed by atoms with Crippen LogP contribution in [0.4, 0.5) is 11.5 Å². The first-order chi connectivity index (χ1) is 16.5. The highest BCUT2D eigenvalue weighted by atomic mass is 16.5. The van der Waals surface area contributed by atoms with Gasteiger partial charge in [0.15, 0.2) is 5.82 Å². The number of benzene rings is 2. The van der Waals surface area contributed by atoms with Gasteiger partial charge in [-0.15, -0.1) is 0 Å². The highest BCUT2D eigenvalue weighted by molar-refractivity contribution is 5.95. The van der Waals surface area contributed by atoms with Gasteiger partial charge in [0.2, 0.25) is 5.91 Å². The molecular weight excluding hydrogens is 432 g/mol. The van der Waals surface area contributed by atoms with Crippen molar-refractivity contribution >= 4 is 23.4 Å². The molecule has 1 saturated heterocycles. The smallest absolute Gasteiger partial charge is 0.338 e. The standard InChI is InChI=1S/C26H28N4O4/c1-3-33-26(32)19-6-4-8-21(16-19)29-24(31)20-7-5-15-30(17-20)23-25(28-14-13-27-23)34-22-11-9-18(2)10-12-22/h4,6,8-14,16,20H,3,5,7,15,17H2,1-2H3,(H,29,31). The summed E-state index contributed by atoms with van der Waals surface area (Å²) >= 11 is 0. The molecule has 3 aromatic rings. The van der Waals surface area contributed by atoms with E-state index in [2.05, 4.69) is 15.3 Å². The molecule has 8 nitrogen and oxygen atoms in total. The van der Waals surface area contributed by atoms with Crippen molar-refractivity contribution in [1.82, 2.24) is 9.97 Å². The Morgan fingerprint density at radius 2 is 1.91 bits per heavy atom. The number of amides is 1. The SMILES string of the molecule is CCOC(=O)c1cccc(NC(=O)C2CCCN(c3nccnc3Oc3ccc(C)cc3)C2)c1. The summed E-state index contributed by atoms with van der Waals surface area (Å²) in [5, 5.41) is 2.94. The summed E-state index contributed by atoms with van der Waals surface area (Å²) in [6, 6.07) is 14.5. The lowest BCUT2D eigenvalue weighted by atomic mass is 9.97. The summed E-state index contributed by atoms with van der Waals surface area (Å²) in [6.07, 6.45) is 4.81. The normalized spacial score (nSPS) is 15.5. The fourth-order valence-electron chi connectivity index (χ4n) is 3.89. The van der Waals surface area contributed by atoms with Crippen LogP contribution in [0.3, 0.4) is 0 Å². The summed E-state index contributed by atoms with van der Waals surface area (Å²) < 4.78 is 11.0. The molecule has 1 amide bonds. The minimum Gasteiger partial charge on any atom is -0.462 e. The van der Waals surface area contributed by atoms with E-state index in [1.54, 1.807) is 43.6 Å². The quantitative estimate of drug-likeness (QED) is 0.515. The first kappa shape index (κ1) is 23.2. The lowest BCUT2D eigenvalue weighted by molar-refractivity contribution is -0.120. The van der Waals surface area contributed by atoms with Crippen molar-refractivity contribution in [2.45, 2.75) is 26.7 Å². The molecule has 1 unspecified atom stereocenters. The number of aryl methyl sites for hydroxylation is 1. The van der Waals surface area contributed by atoms with E-state index in [0.717, 1.165) is 24.9 Å². The average Bonchev–Trinajstić information content (AvgIpc) is 2.86. The van der Waals surface area contributed by atoms with E-state index in [1.165, 1.54) is 0 Å². The minimum atomic E-state index is -0.411. The van der Waals surface area contributed by atoms with Crippen LogP contribution >= 0.6 is 0 Å². The van der Waals surface area contributed by atoms with Crippen molar-refractivity contribution in [1.29, 1.82) is 0 Å². The van der Waals surface area contributed by atoms with E-state index in [-0.39, 0.29) is 11.8 Å². The lowest BCUT2D eigenvalue weighted by Crippen LogP contribution is -2.41. The van der Waals surface area contributed by atoms with E-state index in [9.17, 15) is 9.59 Å². The molecule has 34 heavy (non-hydrogen) atoms. The van der Waals surface area contributed by atoms with Crippen molar-refractivity contribution in [3.8, 4) is 11.6 Å². The van der Waals surface area contributed by atoms with Gasteiger partial charge in [-0.3, -0.25) is 4.79 Å². The van der Waals surface area contributed by atoms with E-state index in [4.69, 9.17) is 9.47 Å². The summed E-state index contributed by atoms with van der Waals surface area (Å²) in [5.41, 5.74) is 2.11. The van der Waals surface area contributed by atoms with Crippen molar-refractivity contribution in [3.63, 3.8) is 0 Å². The van der Waals surface area contributed by atoms with E-state index >= 15 is 0 Å². The molecule has 4 rings (SSSR count). The molecule has 0 aliphatic carbocycles. The van der Waals surface area contributed by atoms with Gasteiger partial charge in [-0.1, -0.05) is 23.8 Å². The summed E-state index contributed by atoms with van der Waals surface area (Å²) in [7, 11) is 0. The molecule has 8 heteroatoms. The Hall–Kier alpha value is -3.94. The number of carbonyl (C=O) groups is 2. The first-order valence-electron chi connectivity index (χ1n) is 11.4. The van der Waals surface area contributed by atoms with Gasteiger partial charge < -0.3 is 19.7 Å². The third-order valence-corrected chi connectivity index (χ3v) is 5.62. The van der Waals surface area contributed by atoms with Crippen LogP contribution < -0.4 is 15.0 Å². The van der Waals surface area contributed by atoms with Gasteiger partial charge in [0, 0.05) is 31.2 Å². The molecule has 2 heterocycles. The van der Waals surface area contributed by atoms with E-state index in [1.807, 2.05) is 36.1 Å². The number of nitrogens with one attached hydrogen (secondary N) is 1. The lowest BCUT2D eigenvalue weighted by Gasteiger charge is -2.33. The molecule has 1 atom stereocenters. The molecule has 0 radical (unpaired) electrons.